The summed E-state index contributed by atoms with van der Waals surface area (Å²) in [4.78, 5) is 96.2. The van der Waals surface area contributed by atoms with Crippen molar-refractivity contribution < 1.29 is 93.5 Å². The summed E-state index contributed by atoms with van der Waals surface area (Å²) in [6, 6.07) is 72.9. The molecule has 3 heterocycles. The van der Waals surface area contributed by atoms with Gasteiger partial charge < -0.3 is 62.6 Å². The Hall–Kier alpha value is -12.7. The third-order valence-electron chi connectivity index (χ3n) is 19.0. The van der Waals surface area contributed by atoms with Crippen LogP contribution in [0.5, 0.6) is 0 Å². The molecule has 0 saturated carbocycles. The van der Waals surface area contributed by atoms with Crippen molar-refractivity contribution in [1.29, 1.82) is 0 Å². The first kappa shape index (κ1) is 96.1. The van der Waals surface area contributed by atoms with Crippen LogP contribution < -0.4 is 46.6 Å². The molecule has 2 amide bonds. The number of piperidine rings is 3. The Labute approximate surface area is 714 Å². The number of rotatable bonds is 14. The number of terminal acetylenes is 1. The minimum Gasteiger partial charge on any atom is -0.870 e. The average Bonchev–Trinajstić information content (AvgIpc) is 0.812. The van der Waals surface area contributed by atoms with Crippen LogP contribution in [-0.4, -0.2) is 142 Å². The number of carbonyl (C=O) groups is 6. The van der Waals surface area contributed by atoms with Crippen molar-refractivity contribution in [1.82, 2.24) is 15.1 Å². The maximum absolute atomic E-state index is 12.7. The first-order valence-corrected chi connectivity index (χ1v) is 38.3. The van der Waals surface area contributed by atoms with Crippen molar-refractivity contribution >= 4 is 160 Å². The molecule has 3 fully saturated rings. The SMILES string of the molecule is CB(O)Nc1cc(N)c2ccccc2c1.CCOC(=O)C1CCN(C(=O)c2ccc3ccccc3c2)CC1.CCOC(=O)C1CCNCC1.Nc1cc(N)c2ccccc2c1.O=C(Cl)c1ccc2ccccc2c1.O=C(O)C1CCN(C(=O)c2ccc3ccccc3c2)CC1.O=[N+]([O-])c1cc([N+](=O)[O-])c2ccccc2c1.[2H]C#C.[Li+].[NH-][OH+][CH-]B=O.[OH-]. The second-order valence-corrected chi connectivity index (χ2v) is 27.4. The van der Waals surface area contributed by atoms with Crippen LogP contribution >= 0.6 is 11.6 Å². The second-order valence-electron chi connectivity index (χ2n) is 27.0. The smallest absolute Gasteiger partial charge is 0.870 e. The van der Waals surface area contributed by atoms with E-state index in [1.807, 2.05) is 201 Å². The third-order valence-corrected chi connectivity index (χ3v) is 19.2. The molecule has 3 aliphatic rings. The van der Waals surface area contributed by atoms with Crippen LogP contribution in [0, 0.1) is 57.3 Å². The minimum absolute atomic E-state index is 0. The van der Waals surface area contributed by atoms with Gasteiger partial charge in [0.05, 0.1) is 52.3 Å². The van der Waals surface area contributed by atoms with E-state index in [0.717, 1.165) is 109 Å². The van der Waals surface area contributed by atoms with Crippen molar-refractivity contribution in [3.8, 4) is 12.8 Å². The first-order chi connectivity index (χ1) is 57.3. The van der Waals surface area contributed by atoms with Gasteiger partial charge in [0.25, 0.3) is 28.4 Å². The van der Waals surface area contributed by atoms with Gasteiger partial charge in [-0.2, -0.15) is 0 Å². The molecule has 12 aromatic rings. The molecule has 31 heteroatoms. The van der Waals surface area contributed by atoms with Crippen molar-refractivity contribution in [3.63, 3.8) is 0 Å². The number of hydrogen-bond donors (Lipinski definition) is 7. The number of amides is 2. The normalized spacial score (nSPS) is 12.7. The average molecular weight is 1640 g/mol. The molecule has 0 unspecified atom stereocenters. The van der Waals surface area contributed by atoms with E-state index in [-0.39, 0.29) is 77.2 Å². The number of hydrogen-bond acceptors (Lipinski definition) is 20. The van der Waals surface area contributed by atoms with Crippen LogP contribution in [0.4, 0.5) is 34.1 Å². The first-order valence-electron chi connectivity index (χ1n) is 38.4. The molecule has 0 bridgehead atoms. The zero-order valence-corrected chi connectivity index (χ0v) is 67.7. The topological polar surface area (TPSA) is 440 Å². The Balaban J connectivity index is 0.000000250. The molecule has 3 saturated heterocycles. The van der Waals surface area contributed by atoms with Gasteiger partial charge >= 0.3 is 72.9 Å². The number of nitrogens with zero attached hydrogens (tertiary/aromatic N) is 4. The van der Waals surface area contributed by atoms with E-state index >= 15 is 0 Å². The largest absolute Gasteiger partial charge is 0.870 e. The summed E-state index contributed by atoms with van der Waals surface area (Å²) in [7, 11) is -0.127. The van der Waals surface area contributed by atoms with E-state index < -0.39 is 28.1 Å². The van der Waals surface area contributed by atoms with Crippen molar-refractivity contribution in [3.05, 3.63) is 286 Å². The predicted octanol–water partition coefficient (Wildman–Crippen LogP) is 13.6. The van der Waals surface area contributed by atoms with Crippen molar-refractivity contribution in [2.24, 2.45) is 17.8 Å². The Morgan fingerprint density at radius 3 is 1.34 bits per heavy atom. The van der Waals surface area contributed by atoms with Gasteiger partial charge in [-0.15, -0.1) is 12.8 Å². The zero-order chi connectivity index (χ0) is 86.3. The van der Waals surface area contributed by atoms with E-state index in [1.54, 1.807) is 54.2 Å². The molecule has 0 atom stereocenters. The number of carboxylic acids is 1. The summed E-state index contributed by atoms with van der Waals surface area (Å²) in [5.41, 5.74) is 21.7. The number of fused-ring (bicyclic) bond motifs is 6. The van der Waals surface area contributed by atoms with Crippen LogP contribution in [0.1, 0.15) is 84.8 Å². The van der Waals surface area contributed by atoms with E-state index in [4.69, 9.17) is 55.4 Å². The summed E-state index contributed by atoms with van der Waals surface area (Å²) in [5.74, 6) is 4.82. The predicted molar refractivity (Wildman–Crippen MR) is 470 cm³/mol. The van der Waals surface area contributed by atoms with Gasteiger partial charge in [0.2, 0.25) is 0 Å². The number of nitro groups is 2. The molecular weight excluding hydrogens is 1550 g/mol. The quantitative estimate of drug-likeness (QED) is 0.00612. The van der Waals surface area contributed by atoms with Gasteiger partial charge in [0.15, 0.2) is 0 Å². The number of carboxylic acid groups (broad SMARTS) is 1. The number of esters is 2. The van der Waals surface area contributed by atoms with Gasteiger partial charge in [-0.05, 0) is 199 Å². The standard InChI is InChI=1S/C19H21NO3.C17H17NO3.C11H13BN2O.C11H7ClO.C10H6N2O4.C10H10N2.C8H15NO2.C2H2.CH3BNO2.Li.H2O/c1-2-23-19(22)15-9-11-20(12-10-15)18(21)17-8-7-14-5-3-4-6-16(14)13-17;19-16(18-9-7-13(8-10-18)17(20)21)15-6-5-12-3-1-2-4-14(12)11-15;1-12(15)14-9-6-8-4-2-3-5-10(8)11(13)7-9;12-11(13)10-6-5-8-3-1-2-4-9(8)7-10;13-11(14)8-5-7-3-1-2-4-9(7)10(6-8)12(15)16;11-8-5-7-3-1-2-4-9(7)10(12)6-8;1-2-11-8(10)7-3-5-9-6-4-7;1-2;3-5-1-2-4;;/h3-8,13,15H,2,9-12H2,1H3;1-6,11,13H,7-10H2,(H,20,21);2-7,14-15H,13H2,1H3;1-7H;1-6H;1-6H,11-12H2;7,9H,2-6H2,1H3;1-2H;1,3,5H;;1H2/q;;;;;;;;-1;+1;/p-1/i;;;;;;;1D;;;. The summed E-state index contributed by atoms with van der Waals surface area (Å²) in [6.45, 7) is 11.3. The summed E-state index contributed by atoms with van der Waals surface area (Å²) in [6.07, 6.45) is 10.1. The number of aliphatic hydroxyl groups is 1. The Morgan fingerprint density at radius 2 is 0.950 bits per heavy atom. The summed E-state index contributed by atoms with van der Waals surface area (Å²) < 4.78 is 24.9. The summed E-state index contributed by atoms with van der Waals surface area (Å²) in [5, 5.41) is 56.9. The van der Waals surface area contributed by atoms with Gasteiger partial charge in [-0.25, -0.2) is 0 Å². The van der Waals surface area contributed by atoms with E-state index in [9.17, 15) is 54.0 Å². The van der Waals surface area contributed by atoms with Crippen molar-refractivity contribution in [2.75, 3.05) is 74.9 Å². The molecule has 12 aromatic carbocycles. The number of nitrogen functional groups attached to an aromatic ring is 3. The molecular formula is C89H95B2ClLiN10O17-. The van der Waals surface area contributed by atoms with E-state index in [2.05, 4.69) is 21.8 Å². The van der Waals surface area contributed by atoms with E-state index in [1.165, 1.54) is 12.5 Å². The van der Waals surface area contributed by atoms with Gasteiger partial charge in [-0.3, -0.25) is 49.0 Å². The number of nitro benzene ring substituents is 2. The molecule has 13 N–H and O–H groups in total. The molecule has 0 aromatic heterocycles. The number of aliphatic carboxylic acids is 1. The van der Waals surface area contributed by atoms with Crippen LogP contribution in [0.25, 0.3) is 70.5 Å². The second kappa shape index (κ2) is 50.8. The fourth-order valence-corrected chi connectivity index (χ4v) is 13.3. The fourth-order valence-electron chi connectivity index (χ4n) is 13.1. The van der Waals surface area contributed by atoms with Gasteiger partial charge in [0.1, 0.15) is 1.37 Å². The summed E-state index contributed by atoms with van der Waals surface area (Å²) >= 11 is 5.36. The van der Waals surface area contributed by atoms with Crippen molar-refractivity contribution in [2.45, 2.75) is 59.2 Å². The molecule has 0 spiro atoms. The van der Waals surface area contributed by atoms with Crippen LogP contribution in [0.3, 0.4) is 0 Å². The number of non-ortho nitro benzene ring substituents is 2. The Kier molecular flexibility index (Phi) is 40.7. The maximum atomic E-state index is 12.7. The number of halogens is 1. The number of anilines is 4. The van der Waals surface area contributed by atoms with Crippen LogP contribution in [0.2, 0.25) is 6.82 Å². The molecule has 15 rings (SSSR count). The number of nitrogens with one attached hydrogen (secondary N) is 3. The number of nitrogens with two attached hydrogens (primary N) is 3. The monoisotopic (exact) mass is 1640 g/mol. The molecule has 618 valence electrons. The maximum Gasteiger partial charge on any atom is -0.870 e. The zero-order valence-electron chi connectivity index (χ0n) is 68.0. The number of carbonyl (C=O) groups excluding carboxylic acids is 5. The Morgan fingerprint density at radius 1 is 0.575 bits per heavy atom. The fraction of sp³-hybridized carbons (Fsp3) is 0.225. The van der Waals surface area contributed by atoms with Crippen LogP contribution in [0.15, 0.2) is 237 Å². The number of ether oxygens (including phenoxy) is 2. The number of likely N-dealkylation sites (tertiary alicyclic amines) is 2. The molecule has 3 aliphatic heterocycles. The van der Waals surface area contributed by atoms with Gasteiger partial charge in [-0.1, -0.05) is 158 Å². The molecule has 0 aliphatic carbocycles. The Bertz CT molecular complexity index is 5520. The molecule has 27 nitrogen and oxygen atoms in total. The van der Waals surface area contributed by atoms with Gasteiger partial charge in [0, 0.05) is 82.5 Å². The third kappa shape index (κ3) is 29.7. The minimum atomic E-state index is -0.757. The van der Waals surface area contributed by atoms with E-state index in [0.29, 0.717) is 105 Å². The molecule has 0 radical (unpaired) electrons. The number of benzene rings is 12. The van der Waals surface area contributed by atoms with Crippen LogP contribution in [-0.2, 0) is 28.6 Å². The molecule has 120 heavy (non-hydrogen) atoms.